The first-order valence-electron chi connectivity index (χ1n) is 8.37. The Labute approximate surface area is 148 Å². The predicted molar refractivity (Wildman–Crippen MR) is 94.7 cm³/mol. The molecule has 2 aliphatic rings. The maximum atomic E-state index is 12.9. The molecule has 3 rings (SSSR count). The Morgan fingerprint density at radius 2 is 1.92 bits per heavy atom. The van der Waals surface area contributed by atoms with Crippen LogP contribution in [0, 0.1) is 0 Å². The average molecular weight is 386 g/mol. The fourth-order valence-corrected chi connectivity index (χ4v) is 6.97. The van der Waals surface area contributed by atoms with E-state index in [1.807, 2.05) is 0 Å². The molecule has 0 N–H and O–H groups in total. The lowest BCUT2D eigenvalue weighted by Gasteiger charge is -2.26. The lowest BCUT2D eigenvalue weighted by atomic mass is 10.3. The Morgan fingerprint density at radius 1 is 1.24 bits per heavy atom. The molecule has 0 spiro atoms. The van der Waals surface area contributed by atoms with E-state index in [0.29, 0.717) is 25.1 Å². The van der Waals surface area contributed by atoms with Crippen molar-refractivity contribution in [2.45, 2.75) is 37.1 Å². The van der Waals surface area contributed by atoms with Gasteiger partial charge in [-0.25, -0.2) is 16.8 Å². The van der Waals surface area contributed by atoms with E-state index in [2.05, 4.69) is 0 Å². The van der Waals surface area contributed by atoms with Crippen LogP contribution in [-0.2, 0) is 24.7 Å². The molecule has 1 atom stereocenters. The number of amides is 1. The van der Waals surface area contributed by atoms with Crippen molar-refractivity contribution in [2.24, 2.45) is 0 Å². The molecule has 9 heteroatoms. The number of nitrogens with zero attached hydrogens (tertiary/aromatic N) is 2. The van der Waals surface area contributed by atoms with Crippen LogP contribution in [0.15, 0.2) is 29.2 Å². The lowest BCUT2D eigenvalue weighted by molar-refractivity contribution is -0.117. The predicted octanol–water partition coefficient (Wildman–Crippen LogP) is 1.01. The maximum absolute atomic E-state index is 12.9. The van der Waals surface area contributed by atoms with Gasteiger partial charge in [0.25, 0.3) is 0 Å². The second-order valence-electron chi connectivity index (χ2n) is 6.41. The number of carbonyl (C=O) groups is 1. The molecule has 1 aromatic rings. The zero-order chi connectivity index (χ0) is 18.2. The molecule has 25 heavy (non-hydrogen) atoms. The fraction of sp³-hybridized carbons (Fsp3) is 0.562. The molecule has 0 aromatic heterocycles. The molecule has 0 radical (unpaired) electrons. The van der Waals surface area contributed by atoms with Gasteiger partial charge in [-0.2, -0.15) is 4.31 Å². The zero-order valence-corrected chi connectivity index (χ0v) is 15.7. The van der Waals surface area contributed by atoms with Crippen molar-refractivity contribution in [1.29, 1.82) is 0 Å². The van der Waals surface area contributed by atoms with Gasteiger partial charge in [0, 0.05) is 31.2 Å². The van der Waals surface area contributed by atoms with E-state index in [-0.39, 0.29) is 28.9 Å². The number of sulfonamides is 1. The molecule has 1 amide bonds. The van der Waals surface area contributed by atoms with Crippen molar-refractivity contribution < 1.29 is 21.6 Å². The van der Waals surface area contributed by atoms with Crippen LogP contribution in [0.4, 0.5) is 5.69 Å². The Balaban J connectivity index is 1.84. The van der Waals surface area contributed by atoms with E-state index in [9.17, 15) is 21.6 Å². The summed E-state index contributed by atoms with van der Waals surface area (Å²) in [4.78, 5) is 13.6. The van der Waals surface area contributed by atoms with Crippen LogP contribution in [0.5, 0.6) is 0 Å². The number of benzene rings is 1. The quantitative estimate of drug-likeness (QED) is 0.753. The summed E-state index contributed by atoms with van der Waals surface area (Å²) >= 11 is 0. The van der Waals surface area contributed by atoms with Gasteiger partial charge in [0.1, 0.15) is 0 Å². The molecule has 7 nitrogen and oxygen atoms in total. The normalized spacial score (nSPS) is 23.5. The minimum absolute atomic E-state index is 0.0275. The molecule has 2 aliphatic heterocycles. The summed E-state index contributed by atoms with van der Waals surface area (Å²) in [6, 6.07) is 5.73. The standard InChI is InChI=1S/C16H22N2O5S2/c1-2-18(14-9-11-24(20,21)12-14)25(22,23)15-7-5-13(6-8-15)17-10-3-4-16(17)19/h5-8,14H,2-4,9-12H2,1H3. The number of hydrogen-bond acceptors (Lipinski definition) is 5. The van der Waals surface area contributed by atoms with Crippen molar-refractivity contribution in [2.75, 3.05) is 29.5 Å². The molecule has 1 aromatic carbocycles. The van der Waals surface area contributed by atoms with Crippen molar-refractivity contribution in [1.82, 2.24) is 4.31 Å². The number of anilines is 1. The number of carbonyl (C=O) groups excluding carboxylic acids is 1. The first-order chi connectivity index (χ1) is 11.7. The third-order valence-corrected chi connectivity index (χ3v) is 8.55. The van der Waals surface area contributed by atoms with Crippen LogP contribution >= 0.6 is 0 Å². The summed E-state index contributed by atoms with van der Waals surface area (Å²) in [6.07, 6.45) is 1.65. The van der Waals surface area contributed by atoms with E-state index >= 15 is 0 Å². The fourth-order valence-electron chi connectivity index (χ4n) is 3.48. The van der Waals surface area contributed by atoms with Crippen molar-refractivity contribution in [3.8, 4) is 0 Å². The third kappa shape index (κ3) is 3.58. The molecule has 0 bridgehead atoms. The van der Waals surface area contributed by atoms with Crippen molar-refractivity contribution in [3.63, 3.8) is 0 Å². The molecular weight excluding hydrogens is 364 g/mol. The molecule has 0 aliphatic carbocycles. The number of sulfone groups is 1. The van der Waals surface area contributed by atoms with Crippen molar-refractivity contribution in [3.05, 3.63) is 24.3 Å². The summed E-state index contributed by atoms with van der Waals surface area (Å²) in [5, 5.41) is 0. The van der Waals surface area contributed by atoms with Crippen LogP contribution in [0.25, 0.3) is 0 Å². The van der Waals surface area contributed by atoms with E-state index < -0.39 is 25.9 Å². The third-order valence-electron chi connectivity index (χ3n) is 4.76. The van der Waals surface area contributed by atoms with Gasteiger partial charge in [-0.05, 0) is 37.1 Å². The Kier molecular flexibility index (Phi) is 4.91. The molecule has 138 valence electrons. The van der Waals surface area contributed by atoms with Crippen LogP contribution < -0.4 is 4.90 Å². The first kappa shape index (κ1) is 18.3. The van der Waals surface area contributed by atoms with Crippen molar-refractivity contribution >= 4 is 31.5 Å². The molecule has 2 saturated heterocycles. The summed E-state index contributed by atoms with van der Waals surface area (Å²) in [7, 11) is -6.94. The van der Waals surface area contributed by atoms with E-state index in [4.69, 9.17) is 0 Å². The highest BCUT2D eigenvalue weighted by Gasteiger charge is 2.38. The number of rotatable bonds is 5. The second-order valence-corrected chi connectivity index (χ2v) is 10.5. The summed E-state index contributed by atoms with van der Waals surface area (Å²) in [5.41, 5.74) is 0.688. The first-order valence-corrected chi connectivity index (χ1v) is 11.6. The van der Waals surface area contributed by atoms with E-state index in [1.165, 1.54) is 16.4 Å². The molecule has 2 heterocycles. The SMILES string of the molecule is CCN(C1CCS(=O)(=O)C1)S(=O)(=O)c1ccc(N2CCCC2=O)cc1. The minimum atomic E-state index is -3.77. The summed E-state index contributed by atoms with van der Waals surface area (Å²) in [5.74, 6) is -0.0536. The highest BCUT2D eigenvalue weighted by molar-refractivity contribution is 7.92. The molecule has 0 saturated carbocycles. The van der Waals surface area contributed by atoms with Gasteiger partial charge in [-0.15, -0.1) is 0 Å². The van der Waals surface area contributed by atoms with Crippen LogP contribution in [0.1, 0.15) is 26.2 Å². The van der Waals surface area contributed by atoms with Gasteiger partial charge in [0.15, 0.2) is 9.84 Å². The topological polar surface area (TPSA) is 91.8 Å². The van der Waals surface area contributed by atoms with Crippen LogP contribution in [0.2, 0.25) is 0 Å². The van der Waals surface area contributed by atoms with E-state index in [1.54, 1.807) is 24.0 Å². The smallest absolute Gasteiger partial charge is 0.243 e. The van der Waals surface area contributed by atoms with Gasteiger partial charge < -0.3 is 4.90 Å². The average Bonchev–Trinajstić information content (AvgIpc) is 3.13. The minimum Gasteiger partial charge on any atom is -0.312 e. The van der Waals surface area contributed by atoms with Crippen LogP contribution in [-0.4, -0.2) is 57.7 Å². The van der Waals surface area contributed by atoms with Gasteiger partial charge >= 0.3 is 0 Å². The van der Waals surface area contributed by atoms with Gasteiger partial charge in [-0.3, -0.25) is 4.79 Å². The lowest BCUT2D eigenvalue weighted by Crippen LogP contribution is -2.40. The van der Waals surface area contributed by atoms with Gasteiger partial charge in [0.2, 0.25) is 15.9 Å². The largest absolute Gasteiger partial charge is 0.312 e. The van der Waals surface area contributed by atoms with Gasteiger partial charge in [-0.1, -0.05) is 6.92 Å². The molecule has 2 fully saturated rings. The monoisotopic (exact) mass is 386 g/mol. The van der Waals surface area contributed by atoms with E-state index in [0.717, 1.165) is 6.42 Å². The zero-order valence-electron chi connectivity index (χ0n) is 14.1. The Morgan fingerprint density at radius 3 is 2.40 bits per heavy atom. The summed E-state index contributed by atoms with van der Waals surface area (Å²) < 4.78 is 50.5. The summed E-state index contributed by atoms with van der Waals surface area (Å²) in [6.45, 7) is 2.57. The van der Waals surface area contributed by atoms with Gasteiger partial charge in [0.05, 0.1) is 16.4 Å². The molecular formula is C16H22N2O5S2. The Hall–Kier alpha value is -1.45. The highest BCUT2D eigenvalue weighted by atomic mass is 32.2. The second kappa shape index (κ2) is 6.69. The number of hydrogen-bond donors (Lipinski definition) is 0. The Bertz CT molecular complexity index is 862. The molecule has 1 unspecified atom stereocenters. The highest BCUT2D eigenvalue weighted by Crippen LogP contribution is 2.27. The maximum Gasteiger partial charge on any atom is 0.243 e. The van der Waals surface area contributed by atoms with Crippen LogP contribution in [0.3, 0.4) is 0 Å².